The van der Waals surface area contributed by atoms with Crippen molar-refractivity contribution in [2.24, 2.45) is 11.7 Å². The highest BCUT2D eigenvalue weighted by molar-refractivity contribution is 6.03. The number of fused-ring (bicyclic) bond motifs is 1. The molecule has 0 spiro atoms. The molecule has 8 heteroatoms. The first-order valence-corrected chi connectivity index (χ1v) is 9.93. The number of carbonyl (C=O) groups excluding carboxylic acids is 2. The van der Waals surface area contributed by atoms with Crippen LogP contribution in [-0.4, -0.2) is 31.1 Å². The van der Waals surface area contributed by atoms with Crippen molar-refractivity contribution in [3.05, 3.63) is 40.7 Å². The number of nitrogens with two attached hydrogens (primary N) is 1. The van der Waals surface area contributed by atoms with E-state index in [1.807, 2.05) is 31.4 Å². The molecule has 0 fully saturated rings. The number of aromatic nitrogens is 4. The van der Waals surface area contributed by atoms with Gasteiger partial charge >= 0.3 is 0 Å². The fraction of sp³-hybridized carbons (Fsp3) is 0.429. The zero-order valence-corrected chi connectivity index (χ0v) is 17.6. The average Bonchev–Trinajstić information content (AvgIpc) is 3.20. The molecule has 0 saturated heterocycles. The van der Waals surface area contributed by atoms with Crippen LogP contribution in [0, 0.1) is 12.8 Å². The number of anilines is 1. The summed E-state index contributed by atoms with van der Waals surface area (Å²) in [6, 6.07) is 5.25. The maximum atomic E-state index is 13.0. The number of amides is 2. The summed E-state index contributed by atoms with van der Waals surface area (Å²) in [7, 11) is 0. The van der Waals surface area contributed by atoms with Crippen molar-refractivity contribution < 1.29 is 9.59 Å². The molecule has 0 atom stereocenters. The second-order valence-corrected chi connectivity index (χ2v) is 7.60. The molecule has 0 aliphatic rings. The van der Waals surface area contributed by atoms with Crippen LogP contribution in [0.1, 0.15) is 59.8 Å². The molecule has 154 valence electrons. The maximum absolute atomic E-state index is 13.0. The van der Waals surface area contributed by atoms with Gasteiger partial charge in [0, 0.05) is 18.7 Å². The van der Waals surface area contributed by atoms with Crippen LogP contribution in [0.5, 0.6) is 0 Å². The zero-order chi connectivity index (χ0) is 21.3. The second-order valence-electron chi connectivity index (χ2n) is 7.60. The van der Waals surface area contributed by atoms with E-state index in [1.165, 1.54) is 0 Å². The highest BCUT2D eigenvalue weighted by Crippen LogP contribution is 2.27. The predicted molar refractivity (Wildman–Crippen MR) is 113 cm³/mol. The van der Waals surface area contributed by atoms with E-state index < -0.39 is 5.91 Å². The van der Waals surface area contributed by atoms with E-state index in [-0.39, 0.29) is 5.91 Å². The smallest absolute Gasteiger partial charge is 0.276 e. The van der Waals surface area contributed by atoms with Gasteiger partial charge in [-0.1, -0.05) is 20.8 Å². The minimum absolute atomic E-state index is 0.263. The van der Waals surface area contributed by atoms with Crippen molar-refractivity contribution in [2.45, 2.75) is 54.1 Å². The van der Waals surface area contributed by atoms with E-state index in [2.05, 4.69) is 29.2 Å². The number of aryl methyl sites for hydroxylation is 3. The van der Waals surface area contributed by atoms with Crippen LogP contribution < -0.4 is 11.1 Å². The van der Waals surface area contributed by atoms with Crippen molar-refractivity contribution in [3.63, 3.8) is 0 Å². The second kappa shape index (κ2) is 8.06. The van der Waals surface area contributed by atoms with Crippen molar-refractivity contribution in [1.29, 1.82) is 0 Å². The Morgan fingerprint density at radius 2 is 1.93 bits per heavy atom. The van der Waals surface area contributed by atoms with E-state index in [0.29, 0.717) is 41.7 Å². The standard InChI is InChI=1S/C21H28N6O2/c1-6-14-9-15(19(22)28)10-16-18(14)26(11-12(3)4)21(23-16)24-20(29)17-8-13(5)25-27(17)7-2/h8-10,12H,6-7,11H2,1-5H3,(H2,22,28)(H,23,24,29). The van der Waals surface area contributed by atoms with E-state index in [0.717, 1.165) is 23.2 Å². The third-order valence-electron chi connectivity index (χ3n) is 4.79. The molecule has 29 heavy (non-hydrogen) atoms. The van der Waals surface area contributed by atoms with Gasteiger partial charge in [0.1, 0.15) is 5.69 Å². The Morgan fingerprint density at radius 1 is 1.21 bits per heavy atom. The van der Waals surface area contributed by atoms with Gasteiger partial charge in [-0.25, -0.2) is 4.98 Å². The van der Waals surface area contributed by atoms with Crippen LogP contribution in [-0.2, 0) is 19.5 Å². The summed E-state index contributed by atoms with van der Waals surface area (Å²) in [5, 5.41) is 7.29. The molecule has 2 heterocycles. The Bertz CT molecular complexity index is 1080. The number of rotatable bonds is 7. The van der Waals surface area contributed by atoms with Crippen LogP contribution >= 0.6 is 0 Å². The predicted octanol–water partition coefficient (Wildman–Crippen LogP) is 3.13. The summed E-state index contributed by atoms with van der Waals surface area (Å²) in [5.74, 6) is 0.0392. The number of carbonyl (C=O) groups is 2. The number of benzene rings is 1. The lowest BCUT2D eigenvalue weighted by Gasteiger charge is -2.14. The molecular weight excluding hydrogens is 368 g/mol. The molecule has 0 unspecified atom stereocenters. The first-order valence-electron chi connectivity index (χ1n) is 9.93. The summed E-state index contributed by atoms with van der Waals surface area (Å²) in [6.07, 6.45) is 0.719. The quantitative estimate of drug-likeness (QED) is 0.639. The minimum atomic E-state index is -0.493. The van der Waals surface area contributed by atoms with Gasteiger partial charge in [-0.3, -0.25) is 19.6 Å². The number of imidazole rings is 1. The third kappa shape index (κ3) is 4.01. The van der Waals surface area contributed by atoms with Gasteiger partial charge in [0.25, 0.3) is 5.91 Å². The van der Waals surface area contributed by atoms with Crippen LogP contribution in [0.3, 0.4) is 0 Å². The molecule has 3 rings (SSSR count). The Morgan fingerprint density at radius 3 is 2.52 bits per heavy atom. The monoisotopic (exact) mass is 396 g/mol. The fourth-order valence-corrected chi connectivity index (χ4v) is 3.54. The van der Waals surface area contributed by atoms with Crippen molar-refractivity contribution in [1.82, 2.24) is 19.3 Å². The lowest BCUT2D eigenvalue weighted by Crippen LogP contribution is -2.20. The summed E-state index contributed by atoms with van der Waals surface area (Å²) in [6.45, 7) is 11.3. The van der Waals surface area contributed by atoms with E-state index >= 15 is 0 Å². The highest BCUT2D eigenvalue weighted by atomic mass is 16.2. The summed E-state index contributed by atoms with van der Waals surface area (Å²) in [5.41, 5.74) is 9.72. The molecule has 0 aliphatic heterocycles. The number of nitrogens with zero attached hydrogens (tertiary/aromatic N) is 4. The zero-order valence-electron chi connectivity index (χ0n) is 17.6. The molecule has 3 aromatic rings. The number of nitrogens with one attached hydrogen (secondary N) is 1. The van der Waals surface area contributed by atoms with E-state index in [1.54, 1.807) is 16.8 Å². The molecular formula is C21H28N6O2. The topological polar surface area (TPSA) is 108 Å². The summed E-state index contributed by atoms with van der Waals surface area (Å²) in [4.78, 5) is 29.3. The fourth-order valence-electron chi connectivity index (χ4n) is 3.54. The van der Waals surface area contributed by atoms with Crippen LogP contribution in [0.25, 0.3) is 11.0 Å². The van der Waals surface area contributed by atoms with Crippen molar-refractivity contribution >= 4 is 28.8 Å². The van der Waals surface area contributed by atoms with Crippen molar-refractivity contribution in [2.75, 3.05) is 5.32 Å². The van der Waals surface area contributed by atoms with Gasteiger partial charge in [-0.15, -0.1) is 0 Å². The largest absolute Gasteiger partial charge is 0.366 e. The molecule has 8 nitrogen and oxygen atoms in total. The summed E-state index contributed by atoms with van der Waals surface area (Å²) < 4.78 is 3.68. The van der Waals surface area contributed by atoms with Crippen LogP contribution in [0.2, 0.25) is 0 Å². The lowest BCUT2D eigenvalue weighted by atomic mass is 10.1. The molecule has 2 aromatic heterocycles. The van der Waals surface area contributed by atoms with Gasteiger partial charge < -0.3 is 10.3 Å². The van der Waals surface area contributed by atoms with E-state index in [9.17, 15) is 9.59 Å². The van der Waals surface area contributed by atoms with Gasteiger partial charge in [-0.05, 0) is 49.9 Å². The SMILES string of the molecule is CCc1cc(C(N)=O)cc2nc(NC(=O)c3cc(C)nn3CC)n(CC(C)C)c12. The van der Waals surface area contributed by atoms with Crippen LogP contribution in [0.15, 0.2) is 18.2 Å². The molecule has 3 N–H and O–H groups in total. The molecule has 0 saturated carbocycles. The minimum Gasteiger partial charge on any atom is -0.366 e. The Hall–Kier alpha value is -3.16. The van der Waals surface area contributed by atoms with Gasteiger partial charge in [0.15, 0.2) is 0 Å². The average molecular weight is 396 g/mol. The molecule has 2 amide bonds. The molecule has 0 aliphatic carbocycles. The Labute approximate surface area is 170 Å². The normalized spacial score (nSPS) is 11.4. The molecule has 0 bridgehead atoms. The van der Waals surface area contributed by atoms with Gasteiger partial charge in [-0.2, -0.15) is 5.10 Å². The Balaban J connectivity index is 2.13. The first-order chi connectivity index (χ1) is 13.7. The highest BCUT2D eigenvalue weighted by Gasteiger charge is 2.21. The Kier molecular flexibility index (Phi) is 5.72. The van der Waals surface area contributed by atoms with Gasteiger partial charge in [0.2, 0.25) is 11.9 Å². The number of hydrogen-bond donors (Lipinski definition) is 2. The molecule has 1 aromatic carbocycles. The number of hydrogen-bond acceptors (Lipinski definition) is 4. The third-order valence-corrected chi connectivity index (χ3v) is 4.79. The van der Waals surface area contributed by atoms with Crippen LogP contribution in [0.4, 0.5) is 5.95 Å². The summed E-state index contributed by atoms with van der Waals surface area (Å²) >= 11 is 0. The molecule has 0 radical (unpaired) electrons. The van der Waals surface area contributed by atoms with Gasteiger partial charge in [0.05, 0.1) is 16.7 Å². The number of primary amides is 1. The van der Waals surface area contributed by atoms with Crippen molar-refractivity contribution in [3.8, 4) is 0 Å². The maximum Gasteiger partial charge on any atom is 0.276 e. The van der Waals surface area contributed by atoms with E-state index in [4.69, 9.17) is 5.73 Å². The first kappa shape index (κ1) is 20.6. The lowest BCUT2D eigenvalue weighted by molar-refractivity contribution is 0.0996.